The lowest BCUT2D eigenvalue weighted by atomic mass is 9.98. The van der Waals surface area contributed by atoms with Gasteiger partial charge in [-0.3, -0.25) is 9.59 Å². The molecule has 1 unspecified atom stereocenters. The van der Waals surface area contributed by atoms with Crippen molar-refractivity contribution in [2.75, 3.05) is 120 Å². The van der Waals surface area contributed by atoms with Crippen molar-refractivity contribution in [3.63, 3.8) is 0 Å². The molecule has 410 valence electrons. The van der Waals surface area contributed by atoms with E-state index in [4.69, 9.17) is 52.8 Å². The van der Waals surface area contributed by atoms with Gasteiger partial charge in [0.1, 0.15) is 18.7 Å². The Morgan fingerprint density at radius 3 is 1.99 bits per heavy atom. The van der Waals surface area contributed by atoms with Crippen LogP contribution in [0.3, 0.4) is 0 Å². The maximum atomic E-state index is 14.7. The van der Waals surface area contributed by atoms with Crippen molar-refractivity contribution >= 4 is 53.0 Å². The zero-order valence-electron chi connectivity index (χ0n) is 44.1. The monoisotopic (exact) mass is 1060 g/mol. The molecule has 23 nitrogen and oxygen atoms in total. The molecule has 1 aromatic carbocycles. The molecule has 0 saturated carbocycles. The Kier molecular flexibility index (Phi) is 22.8. The fourth-order valence-electron chi connectivity index (χ4n) is 9.18. The van der Waals surface area contributed by atoms with Gasteiger partial charge in [-0.15, -0.1) is 29.0 Å². The molecule has 2 fully saturated rings. The zero-order chi connectivity index (χ0) is 52.4. The van der Waals surface area contributed by atoms with Crippen molar-refractivity contribution in [3.05, 3.63) is 59.8 Å². The smallest absolute Gasteiger partial charge is 0.248 e. The second-order valence-electron chi connectivity index (χ2n) is 19.6. The molecule has 2 aliphatic heterocycles. The number of amides is 2. The van der Waals surface area contributed by atoms with Crippen molar-refractivity contribution in [2.45, 2.75) is 90.4 Å². The lowest BCUT2D eigenvalue weighted by Crippen LogP contribution is -2.52. The third-order valence-electron chi connectivity index (χ3n) is 13.7. The summed E-state index contributed by atoms with van der Waals surface area (Å²) in [6.45, 7) is 15.4. The minimum Gasteiger partial charge on any atom is -0.377 e. The van der Waals surface area contributed by atoms with Gasteiger partial charge in [-0.1, -0.05) is 68.7 Å². The van der Waals surface area contributed by atoms with Crippen LogP contribution in [0.5, 0.6) is 0 Å². The minimum atomic E-state index is -0.656. The molecular weight excluding hydrogens is 980 g/mol. The Hall–Kier alpha value is -6.00. The summed E-state index contributed by atoms with van der Waals surface area (Å²) in [4.78, 5) is 55.2. The molecule has 2 saturated heterocycles. The zero-order valence-corrected chi connectivity index (χ0v) is 45.0. The number of carbonyl (C=O) groups is 2. The maximum absolute atomic E-state index is 14.7. The number of nitrogens with zero attached hydrogens (tertiary/aromatic N) is 13. The van der Waals surface area contributed by atoms with Gasteiger partial charge in [-0.05, 0) is 61.6 Å². The molecule has 0 spiro atoms. The normalized spacial score (nSPS) is 16.1. The molecule has 0 bridgehead atoms. The van der Waals surface area contributed by atoms with Gasteiger partial charge in [0, 0.05) is 76.5 Å². The van der Waals surface area contributed by atoms with E-state index in [1.165, 1.54) is 0 Å². The number of hydrogen-bond donors (Lipinski definition) is 5. The van der Waals surface area contributed by atoms with Crippen molar-refractivity contribution < 1.29 is 23.8 Å². The number of unbranched alkanes of at least 4 members (excludes halogenated alkanes) is 1. The molecule has 7 rings (SSSR count). The van der Waals surface area contributed by atoms with Crippen LogP contribution >= 0.6 is 12.4 Å². The Labute approximate surface area is 446 Å². The van der Waals surface area contributed by atoms with Gasteiger partial charge in [0.25, 0.3) is 0 Å². The molecule has 24 heteroatoms. The van der Waals surface area contributed by atoms with E-state index in [9.17, 15) is 9.59 Å². The number of aromatic amines is 1. The lowest BCUT2D eigenvalue weighted by molar-refractivity contribution is -0.136. The summed E-state index contributed by atoms with van der Waals surface area (Å²) in [5.74, 6) is 4.30. The molecule has 5 atom stereocenters. The number of benzene rings is 1. The van der Waals surface area contributed by atoms with E-state index in [1.807, 2.05) is 40.4 Å². The standard InChI is InChI=1S/C51H78N18O5.ClH/c1-6-25-72-27-29-74-30-28-73-26-16-55-49-57-50(66-21-17-64(18-22-66)47(70)44(14-10-11-15-52)68-35-43(61-63-68)46(54)37(5)7-2)59-51(58-49)67-23-19-65(20-24-67)48(71)45(33-39-32-38-12-8-9-13-41(38)56-39)69-34-42(60-62-69)40(53)31-36(3)4;/h1,8-9,12-13,32,34-37,40,44-46,56H,7,10-11,14-31,33,52-54H2,2-5H3,(H,55,57,58,59);1H/t37?,40-,44-,45-,46-;/m0./s1. The van der Waals surface area contributed by atoms with Crippen LogP contribution in [0.1, 0.15) is 101 Å². The lowest BCUT2D eigenvalue weighted by Gasteiger charge is -2.38. The molecule has 6 heterocycles. The quantitative estimate of drug-likeness (QED) is 0.0339. The highest BCUT2D eigenvalue weighted by Crippen LogP contribution is 2.27. The minimum absolute atomic E-state index is 0. The largest absolute Gasteiger partial charge is 0.377 e. The molecule has 0 aliphatic carbocycles. The van der Waals surface area contributed by atoms with E-state index in [-0.39, 0.29) is 48.8 Å². The van der Waals surface area contributed by atoms with Crippen LogP contribution in [0.4, 0.5) is 17.8 Å². The van der Waals surface area contributed by atoms with Crippen LogP contribution in [0.2, 0.25) is 0 Å². The van der Waals surface area contributed by atoms with Crippen LogP contribution in [0.15, 0.2) is 42.7 Å². The number of aromatic nitrogens is 10. The number of rotatable bonds is 29. The van der Waals surface area contributed by atoms with Crippen LogP contribution in [0.25, 0.3) is 10.9 Å². The predicted molar refractivity (Wildman–Crippen MR) is 290 cm³/mol. The second kappa shape index (κ2) is 29.3. The number of anilines is 3. The predicted octanol–water partition coefficient (Wildman–Crippen LogP) is 3.30. The fraction of sp³-hybridized carbons (Fsp3) is 0.627. The SMILES string of the molecule is C#CCOCCOCCOCCNc1nc(N2CCN(C(=O)[C@H](CCCCN)n3cc([C@@H](N)C(C)CC)nn3)CC2)nc(N2CCN(C(=O)[C@H](Cc3cc4ccccc4[nH]3)n3cc([C@@H](N)CC(C)C)nn3)CC2)n1.Cl. The summed E-state index contributed by atoms with van der Waals surface area (Å²) >= 11 is 0. The third-order valence-corrected chi connectivity index (χ3v) is 13.7. The maximum Gasteiger partial charge on any atom is 0.248 e. The first-order valence-electron chi connectivity index (χ1n) is 26.3. The van der Waals surface area contributed by atoms with Gasteiger partial charge in [0.15, 0.2) is 0 Å². The first-order chi connectivity index (χ1) is 36.0. The van der Waals surface area contributed by atoms with Gasteiger partial charge in [0.05, 0.1) is 68.9 Å². The van der Waals surface area contributed by atoms with Gasteiger partial charge in [0.2, 0.25) is 29.7 Å². The number of terminal acetylenes is 1. The molecular formula is C51H79ClN18O5. The molecule has 0 radical (unpaired) electrons. The van der Waals surface area contributed by atoms with Gasteiger partial charge in [-0.25, -0.2) is 9.36 Å². The topological polar surface area (TPSA) is 281 Å². The van der Waals surface area contributed by atoms with E-state index in [1.54, 1.807) is 9.36 Å². The number of nitrogens with two attached hydrogens (primary N) is 3. The number of fused-ring (bicyclic) bond motifs is 1. The molecule has 2 aliphatic rings. The Bertz CT molecular complexity index is 2520. The number of para-hydroxylation sites is 1. The van der Waals surface area contributed by atoms with Crippen molar-refractivity contribution in [3.8, 4) is 12.3 Å². The number of piperazine rings is 2. The number of carbonyl (C=O) groups excluding carboxylic acids is 2. The van der Waals surface area contributed by atoms with Crippen molar-refractivity contribution in [1.29, 1.82) is 0 Å². The highest BCUT2D eigenvalue weighted by atomic mass is 35.5. The summed E-state index contributed by atoms with van der Waals surface area (Å²) in [6, 6.07) is 8.39. The second-order valence-corrected chi connectivity index (χ2v) is 19.6. The Morgan fingerprint density at radius 2 is 1.37 bits per heavy atom. The number of halogens is 1. The van der Waals surface area contributed by atoms with Crippen LogP contribution < -0.4 is 32.3 Å². The van der Waals surface area contributed by atoms with Gasteiger partial charge >= 0.3 is 0 Å². The van der Waals surface area contributed by atoms with Crippen molar-refractivity contribution in [1.82, 2.24) is 59.7 Å². The summed E-state index contributed by atoms with van der Waals surface area (Å²) in [7, 11) is 0. The fourth-order valence-corrected chi connectivity index (χ4v) is 9.18. The number of hydrogen-bond acceptors (Lipinski definition) is 18. The van der Waals surface area contributed by atoms with Gasteiger partial charge < -0.3 is 61.3 Å². The Morgan fingerprint density at radius 1 is 0.787 bits per heavy atom. The van der Waals surface area contributed by atoms with Gasteiger partial charge in [-0.2, -0.15) is 15.0 Å². The Balaban J connectivity index is 0.00000914. The van der Waals surface area contributed by atoms with Crippen LogP contribution in [0, 0.1) is 24.2 Å². The first-order valence-corrected chi connectivity index (χ1v) is 26.3. The summed E-state index contributed by atoms with van der Waals surface area (Å²) < 4.78 is 20.0. The van der Waals surface area contributed by atoms with E-state index in [0.717, 1.165) is 42.3 Å². The van der Waals surface area contributed by atoms with E-state index in [0.29, 0.717) is 146 Å². The number of H-pyrrole nitrogens is 1. The van der Waals surface area contributed by atoms with Crippen LogP contribution in [-0.2, 0) is 30.2 Å². The first kappa shape index (κ1) is 58.3. The van der Waals surface area contributed by atoms with E-state index < -0.39 is 12.1 Å². The van der Waals surface area contributed by atoms with E-state index >= 15 is 0 Å². The molecule has 5 aromatic rings. The van der Waals surface area contributed by atoms with E-state index in [2.05, 4.69) is 86.5 Å². The number of nitrogens with one attached hydrogen (secondary N) is 2. The summed E-state index contributed by atoms with van der Waals surface area (Å²) in [5, 5.41) is 22.1. The summed E-state index contributed by atoms with van der Waals surface area (Å²) in [5.41, 5.74) is 22.2. The molecule has 4 aromatic heterocycles. The summed E-state index contributed by atoms with van der Waals surface area (Å²) in [6.07, 6.45) is 13.1. The highest BCUT2D eigenvalue weighted by molar-refractivity contribution is 5.85. The molecule has 75 heavy (non-hydrogen) atoms. The molecule has 8 N–H and O–H groups in total. The highest BCUT2D eigenvalue weighted by Gasteiger charge is 2.34. The average molecular weight is 1060 g/mol. The number of ether oxygens (including phenoxy) is 3. The van der Waals surface area contributed by atoms with Crippen LogP contribution in [-0.4, -0.2) is 177 Å². The third kappa shape index (κ3) is 16.3. The van der Waals surface area contributed by atoms with Crippen molar-refractivity contribution in [2.24, 2.45) is 29.0 Å². The average Bonchev–Trinajstić information content (AvgIpc) is 4.21. The molecule has 2 amide bonds.